The van der Waals surface area contributed by atoms with E-state index in [1.165, 1.54) is 11.3 Å². The lowest BCUT2D eigenvalue weighted by molar-refractivity contribution is 0.478. The number of aryl methyl sites for hydroxylation is 1. The molecule has 0 atom stereocenters. The molecule has 0 aliphatic heterocycles. The van der Waals surface area contributed by atoms with Gasteiger partial charge in [0.2, 0.25) is 10.0 Å². The van der Waals surface area contributed by atoms with E-state index < -0.39 is 10.0 Å². The summed E-state index contributed by atoms with van der Waals surface area (Å²) in [6.07, 6.45) is 1.68. The van der Waals surface area contributed by atoms with Gasteiger partial charge in [-0.05, 0) is 47.9 Å². The molecule has 7 heteroatoms. The van der Waals surface area contributed by atoms with Crippen molar-refractivity contribution in [1.29, 1.82) is 0 Å². The summed E-state index contributed by atoms with van der Waals surface area (Å²) < 4.78 is 33.5. The van der Waals surface area contributed by atoms with Crippen LogP contribution in [0.3, 0.4) is 0 Å². The lowest BCUT2D eigenvalue weighted by Crippen LogP contribution is -2.23. The fraction of sp³-hybridized carbons (Fsp3) is 0.0870. The van der Waals surface area contributed by atoms with Gasteiger partial charge >= 0.3 is 0 Å². The molecular weight excluding hydrogens is 416 g/mol. The van der Waals surface area contributed by atoms with E-state index in [9.17, 15) is 8.42 Å². The Morgan fingerprint density at radius 2 is 1.73 bits per heavy atom. The highest BCUT2D eigenvalue weighted by molar-refractivity contribution is 7.89. The first-order valence-electron chi connectivity index (χ1n) is 9.33. The third-order valence-electron chi connectivity index (χ3n) is 4.52. The predicted molar refractivity (Wildman–Crippen MR) is 119 cm³/mol. The van der Waals surface area contributed by atoms with Crippen LogP contribution in [0.4, 0.5) is 0 Å². The van der Waals surface area contributed by atoms with E-state index >= 15 is 0 Å². The largest absolute Gasteiger partial charge is 0.431 e. The molecule has 4 aromatic rings. The van der Waals surface area contributed by atoms with Crippen molar-refractivity contribution in [3.8, 4) is 22.1 Å². The number of hydrogen-bond acceptors (Lipinski definition) is 5. The molecule has 0 saturated heterocycles. The molecule has 5 nitrogen and oxygen atoms in total. The predicted octanol–water partition coefficient (Wildman–Crippen LogP) is 5.39. The van der Waals surface area contributed by atoms with Crippen molar-refractivity contribution < 1.29 is 13.2 Å². The Bertz CT molecular complexity index is 1220. The molecule has 0 spiro atoms. The normalized spacial score (nSPS) is 11.4. The third kappa shape index (κ3) is 4.94. The zero-order chi connectivity index (χ0) is 21.0. The van der Waals surface area contributed by atoms with Crippen molar-refractivity contribution in [2.45, 2.75) is 18.4 Å². The monoisotopic (exact) mass is 436 g/mol. The van der Waals surface area contributed by atoms with E-state index in [2.05, 4.69) is 15.8 Å². The topological polar surface area (TPSA) is 68.3 Å². The highest BCUT2D eigenvalue weighted by Crippen LogP contribution is 2.24. The number of ether oxygens (including phenoxy) is 1. The summed E-state index contributed by atoms with van der Waals surface area (Å²) in [5.74, 6) is 0.656. The van der Waals surface area contributed by atoms with E-state index in [1.54, 1.807) is 30.5 Å². The average Bonchev–Trinajstić information content (AvgIpc) is 3.26. The molecule has 152 valence electrons. The summed E-state index contributed by atoms with van der Waals surface area (Å²) in [7, 11) is -3.61. The fourth-order valence-corrected chi connectivity index (χ4v) is 4.47. The number of thiazole rings is 1. The van der Waals surface area contributed by atoms with Crippen LogP contribution in [0.1, 0.15) is 11.1 Å². The Hall–Kier alpha value is -3.00. The lowest BCUT2D eigenvalue weighted by Gasteiger charge is -2.09. The van der Waals surface area contributed by atoms with E-state index in [0.717, 1.165) is 22.3 Å². The van der Waals surface area contributed by atoms with Crippen molar-refractivity contribution >= 4 is 21.4 Å². The maximum atomic E-state index is 12.6. The molecule has 1 N–H and O–H groups in total. The number of aromatic nitrogens is 1. The van der Waals surface area contributed by atoms with Gasteiger partial charge in [-0.3, -0.25) is 0 Å². The van der Waals surface area contributed by atoms with Gasteiger partial charge in [-0.1, -0.05) is 65.4 Å². The van der Waals surface area contributed by atoms with E-state index in [4.69, 9.17) is 4.74 Å². The lowest BCUT2D eigenvalue weighted by atomic mass is 10.0. The van der Waals surface area contributed by atoms with Crippen molar-refractivity contribution in [3.63, 3.8) is 0 Å². The van der Waals surface area contributed by atoms with Crippen LogP contribution in [0.25, 0.3) is 11.1 Å². The van der Waals surface area contributed by atoms with Gasteiger partial charge in [0.25, 0.3) is 5.19 Å². The van der Waals surface area contributed by atoms with Gasteiger partial charge in [-0.25, -0.2) is 18.1 Å². The van der Waals surface area contributed by atoms with Crippen LogP contribution in [-0.4, -0.2) is 13.4 Å². The summed E-state index contributed by atoms with van der Waals surface area (Å²) >= 11 is 1.41. The number of nitrogens with zero attached hydrogens (tertiary/aromatic N) is 1. The minimum atomic E-state index is -3.61. The zero-order valence-corrected chi connectivity index (χ0v) is 17.9. The van der Waals surface area contributed by atoms with Gasteiger partial charge in [-0.15, -0.1) is 0 Å². The van der Waals surface area contributed by atoms with Crippen molar-refractivity contribution in [3.05, 3.63) is 95.5 Å². The summed E-state index contributed by atoms with van der Waals surface area (Å²) in [6.45, 7) is 2.23. The Labute approximate surface area is 180 Å². The van der Waals surface area contributed by atoms with Gasteiger partial charge in [0.05, 0.1) is 4.90 Å². The molecule has 0 radical (unpaired) electrons. The second-order valence-electron chi connectivity index (χ2n) is 6.76. The van der Waals surface area contributed by atoms with Gasteiger partial charge in [0.15, 0.2) is 0 Å². The van der Waals surface area contributed by atoms with Crippen molar-refractivity contribution in [1.82, 2.24) is 9.71 Å². The van der Waals surface area contributed by atoms with Gasteiger partial charge in [0, 0.05) is 18.1 Å². The quantitative estimate of drug-likeness (QED) is 0.422. The molecule has 4 rings (SSSR count). The van der Waals surface area contributed by atoms with Crippen LogP contribution < -0.4 is 9.46 Å². The van der Waals surface area contributed by atoms with Gasteiger partial charge in [-0.2, -0.15) is 0 Å². The molecule has 0 unspecified atom stereocenters. The molecule has 0 bridgehead atoms. The second-order valence-corrected chi connectivity index (χ2v) is 9.39. The standard InChI is InChI=1S/C23H20N2O3S2/c1-17-3-2-4-20(15-17)19-7-11-22(12-8-19)30(26,27)25-16-18-5-9-21(10-6-18)28-23-24-13-14-29-23/h2-15,25H,16H2,1H3. The first-order valence-corrected chi connectivity index (χ1v) is 11.7. The second kappa shape index (κ2) is 8.79. The molecule has 30 heavy (non-hydrogen) atoms. The summed E-state index contributed by atoms with van der Waals surface area (Å²) in [4.78, 5) is 4.31. The number of benzene rings is 3. The van der Waals surface area contributed by atoms with Crippen molar-refractivity contribution in [2.75, 3.05) is 0 Å². The Morgan fingerprint density at radius 1 is 0.967 bits per heavy atom. The maximum absolute atomic E-state index is 12.6. The van der Waals surface area contributed by atoms with Crippen LogP contribution in [0.5, 0.6) is 10.9 Å². The molecule has 0 amide bonds. The SMILES string of the molecule is Cc1cccc(-c2ccc(S(=O)(=O)NCc3ccc(Oc4nccs4)cc3)cc2)c1. The first-order chi connectivity index (χ1) is 14.5. The summed E-state index contributed by atoms with van der Waals surface area (Å²) in [5.41, 5.74) is 4.04. The van der Waals surface area contributed by atoms with Crippen LogP contribution in [-0.2, 0) is 16.6 Å². The van der Waals surface area contributed by atoms with Crippen LogP contribution in [0, 0.1) is 6.92 Å². The molecule has 0 aliphatic rings. The minimum Gasteiger partial charge on any atom is -0.431 e. The molecule has 3 aromatic carbocycles. The van der Waals surface area contributed by atoms with E-state index in [-0.39, 0.29) is 11.4 Å². The first kappa shape index (κ1) is 20.3. The molecule has 1 aromatic heterocycles. The maximum Gasteiger partial charge on any atom is 0.278 e. The molecule has 0 fully saturated rings. The molecule has 1 heterocycles. The summed E-state index contributed by atoms with van der Waals surface area (Å²) in [6, 6.07) is 22.3. The smallest absolute Gasteiger partial charge is 0.278 e. The van der Waals surface area contributed by atoms with E-state index in [1.807, 2.05) is 54.8 Å². The Balaban J connectivity index is 1.40. The average molecular weight is 437 g/mol. The van der Waals surface area contributed by atoms with Crippen LogP contribution in [0.15, 0.2) is 89.3 Å². The van der Waals surface area contributed by atoms with Crippen LogP contribution in [0.2, 0.25) is 0 Å². The number of hydrogen-bond donors (Lipinski definition) is 1. The third-order valence-corrected chi connectivity index (χ3v) is 6.59. The fourth-order valence-electron chi connectivity index (χ4n) is 2.95. The summed E-state index contributed by atoms with van der Waals surface area (Å²) in [5, 5.41) is 2.41. The minimum absolute atomic E-state index is 0.194. The van der Waals surface area contributed by atoms with E-state index in [0.29, 0.717) is 10.9 Å². The number of nitrogens with one attached hydrogen (secondary N) is 1. The molecule has 0 aliphatic carbocycles. The highest BCUT2D eigenvalue weighted by atomic mass is 32.2. The number of rotatable bonds is 7. The number of sulfonamides is 1. The highest BCUT2D eigenvalue weighted by Gasteiger charge is 2.14. The van der Waals surface area contributed by atoms with Crippen molar-refractivity contribution in [2.24, 2.45) is 0 Å². The molecular formula is C23H20N2O3S2. The van der Waals surface area contributed by atoms with Gasteiger partial charge < -0.3 is 4.74 Å². The molecule has 0 saturated carbocycles. The van der Waals surface area contributed by atoms with Crippen LogP contribution >= 0.6 is 11.3 Å². The Morgan fingerprint density at radius 3 is 2.40 bits per heavy atom. The Kier molecular flexibility index (Phi) is 5.94. The zero-order valence-electron chi connectivity index (χ0n) is 16.3. The van der Waals surface area contributed by atoms with Gasteiger partial charge in [0.1, 0.15) is 5.75 Å².